The molecular weight excluding hydrogens is 224 g/mol. The maximum absolute atomic E-state index is 11.7. The third-order valence-electron chi connectivity index (χ3n) is 2.51. The Labute approximate surface area is 99.5 Å². The molecule has 0 spiro atoms. The number of methoxy groups -OCH3 is 1. The SMILES string of the molecule is COC(=O)[C@H](C)[C@@H](C)OC(=O)c1cnn(C)c1. The molecule has 0 fully saturated rings. The Bertz CT molecular complexity index is 413. The largest absolute Gasteiger partial charge is 0.469 e. The van der Waals surface area contributed by atoms with Gasteiger partial charge in [-0.1, -0.05) is 0 Å². The minimum absolute atomic E-state index is 0.358. The fourth-order valence-electron chi connectivity index (χ4n) is 1.24. The highest BCUT2D eigenvalue weighted by Gasteiger charge is 2.25. The number of aromatic nitrogens is 2. The molecule has 0 aliphatic carbocycles. The van der Waals surface area contributed by atoms with Gasteiger partial charge in [-0.2, -0.15) is 5.10 Å². The predicted octanol–water partition coefficient (Wildman–Crippen LogP) is 0.774. The number of carbonyl (C=O) groups excluding carboxylic acids is 2. The molecule has 1 aromatic heterocycles. The van der Waals surface area contributed by atoms with Crippen molar-refractivity contribution in [1.82, 2.24) is 9.78 Å². The molecule has 0 aliphatic rings. The van der Waals surface area contributed by atoms with E-state index in [1.54, 1.807) is 27.1 Å². The summed E-state index contributed by atoms with van der Waals surface area (Å²) in [4.78, 5) is 22.9. The van der Waals surface area contributed by atoms with Gasteiger partial charge in [-0.3, -0.25) is 9.48 Å². The molecule has 0 aliphatic heterocycles. The van der Waals surface area contributed by atoms with E-state index in [0.717, 1.165) is 0 Å². The van der Waals surface area contributed by atoms with Crippen LogP contribution in [-0.4, -0.2) is 34.9 Å². The van der Waals surface area contributed by atoms with Crippen LogP contribution >= 0.6 is 0 Å². The van der Waals surface area contributed by atoms with E-state index in [0.29, 0.717) is 5.56 Å². The zero-order valence-electron chi connectivity index (χ0n) is 10.3. The topological polar surface area (TPSA) is 70.4 Å². The first-order chi connectivity index (χ1) is 7.95. The third-order valence-corrected chi connectivity index (χ3v) is 2.51. The van der Waals surface area contributed by atoms with Crippen LogP contribution in [0.2, 0.25) is 0 Å². The molecule has 6 heteroatoms. The normalized spacial score (nSPS) is 13.9. The van der Waals surface area contributed by atoms with Gasteiger partial charge in [0.05, 0.1) is 24.8 Å². The van der Waals surface area contributed by atoms with Gasteiger partial charge < -0.3 is 9.47 Å². The summed E-state index contributed by atoms with van der Waals surface area (Å²) in [7, 11) is 3.01. The van der Waals surface area contributed by atoms with Crippen LogP contribution in [0.3, 0.4) is 0 Å². The Morgan fingerprint density at radius 2 is 2.06 bits per heavy atom. The van der Waals surface area contributed by atoms with Crippen molar-refractivity contribution < 1.29 is 19.1 Å². The number of ether oxygens (including phenoxy) is 2. The molecule has 94 valence electrons. The molecule has 1 aromatic rings. The fourth-order valence-corrected chi connectivity index (χ4v) is 1.24. The molecule has 2 atom stereocenters. The van der Waals surface area contributed by atoms with E-state index in [1.165, 1.54) is 18.0 Å². The summed E-state index contributed by atoms with van der Waals surface area (Å²) in [6.45, 7) is 3.29. The molecule has 0 bridgehead atoms. The van der Waals surface area contributed by atoms with Crippen LogP contribution in [0.1, 0.15) is 24.2 Å². The van der Waals surface area contributed by atoms with Gasteiger partial charge in [0.1, 0.15) is 6.10 Å². The summed E-state index contributed by atoms with van der Waals surface area (Å²) in [5.41, 5.74) is 0.358. The zero-order valence-corrected chi connectivity index (χ0v) is 10.3. The van der Waals surface area contributed by atoms with Crippen molar-refractivity contribution in [2.24, 2.45) is 13.0 Å². The van der Waals surface area contributed by atoms with Crippen LogP contribution in [-0.2, 0) is 21.3 Å². The molecule has 1 rings (SSSR count). The number of hydrogen-bond donors (Lipinski definition) is 0. The molecule has 0 radical (unpaired) electrons. The highest BCUT2D eigenvalue weighted by molar-refractivity contribution is 5.89. The Kier molecular flexibility index (Phi) is 4.25. The molecule has 0 saturated heterocycles. The van der Waals surface area contributed by atoms with Crippen molar-refractivity contribution in [1.29, 1.82) is 0 Å². The lowest BCUT2D eigenvalue weighted by molar-refractivity contribution is -0.148. The second-order valence-electron chi connectivity index (χ2n) is 3.82. The number of rotatable bonds is 4. The zero-order chi connectivity index (χ0) is 13.0. The van der Waals surface area contributed by atoms with E-state index in [2.05, 4.69) is 9.84 Å². The third kappa shape index (κ3) is 3.30. The first kappa shape index (κ1) is 13.2. The van der Waals surface area contributed by atoms with Crippen molar-refractivity contribution in [3.05, 3.63) is 18.0 Å². The molecule has 0 saturated carbocycles. The maximum Gasteiger partial charge on any atom is 0.341 e. The molecule has 17 heavy (non-hydrogen) atoms. The minimum atomic E-state index is -0.546. The van der Waals surface area contributed by atoms with Crippen LogP contribution in [0.4, 0.5) is 0 Å². The molecule has 0 unspecified atom stereocenters. The van der Waals surface area contributed by atoms with E-state index in [9.17, 15) is 9.59 Å². The van der Waals surface area contributed by atoms with Gasteiger partial charge in [0.2, 0.25) is 0 Å². The van der Waals surface area contributed by atoms with Crippen LogP contribution in [0.5, 0.6) is 0 Å². The summed E-state index contributed by atoms with van der Waals surface area (Å²) >= 11 is 0. The van der Waals surface area contributed by atoms with Gasteiger partial charge in [-0.15, -0.1) is 0 Å². The van der Waals surface area contributed by atoms with Gasteiger partial charge in [0.25, 0.3) is 0 Å². The molecule has 6 nitrogen and oxygen atoms in total. The Hall–Kier alpha value is -1.85. The van der Waals surface area contributed by atoms with Gasteiger partial charge in [-0.05, 0) is 13.8 Å². The Morgan fingerprint density at radius 3 is 2.53 bits per heavy atom. The quantitative estimate of drug-likeness (QED) is 0.727. The van der Waals surface area contributed by atoms with Crippen molar-refractivity contribution in [2.75, 3.05) is 7.11 Å². The second-order valence-corrected chi connectivity index (χ2v) is 3.82. The molecular formula is C11H16N2O4. The van der Waals surface area contributed by atoms with E-state index in [1.807, 2.05) is 0 Å². The summed E-state index contributed by atoms with van der Waals surface area (Å²) in [6, 6.07) is 0. The van der Waals surface area contributed by atoms with Gasteiger partial charge in [-0.25, -0.2) is 4.79 Å². The van der Waals surface area contributed by atoms with E-state index in [-0.39, 0.29) is 0 Å². The number of nitrogens with zero attached hydrogens (tertiary/aromatic N) is 2. The lowest BCUT2D eigenvalue weighted by Crippen LogP contribution is -2.28. The van der Waals surface area contributed by atoms with Crippen molar-refractivity contribution >= 4 is 11.9 Å². The summed E-state index contributed by atoms with van der Waals surface area (Å²) in [5, 5.41) is 3.87. The minimum Gasteiger partial charge on any atom is -0.469 e. The van der Waals surface area contributed by atoms with Crippen LogP contribution in [0.15, 0.2) is 12.4 Å². The van der Waals surface area contributed by atoms with Gasteiger partial charge in [0, 0.05) is 13.2 Å². The van der Waals surface area contributed by atoms with Crippen molar-refractivity contribution in [3.8, 4) is 0 Å². The Balaban J connectivity index is 2.60. The monoisotopic (exact) mass is 240 g/mol. The molecule has 0 aromatic carbocycles. The van der Waals surface area contributed by atoms with Gasteiger partial charge in [0.15, 0.2) is 0 Å². The molecule has 1 heterocycles. The maximum atomic E-state index is 11.7. The fraction of sp³-hybridized carbons (Fsp3) is 0.545. The average Bonchev–Trinajstić information content (AvgIpc) is 2.73. The molecule has 0 N–H and O–H groups in total. The van der Waals surface area contributed by atoms with E-state index >= 15 is 0 Å². The van der Waals surface area contributed by atoms with E-state index in [4.69, 9.17) is 4.74 Å². The number of carbonyl (C=O) groups is 2. The number of aryl methyl sites for hydroxylation is 1. The standard InChI is InChI=1S/C11H16N2O4/c1-7(10(14)16-4)8(2)17-11(15)9-5-12-13(3)6-9/h5-8H,1-4H3/t7-,8-/m1/s1. The smallest absolute Gasteiger partial charge is 0.341 e. The molecule has 0 amide bonds. The number of esters is 2. The lowest BCUT2D eigenvalue weighted by Gasteiger charge is -2.17. The first-order valence-corrected chi connectivity index (χ1v) is 5.23. The average molecular weight is 240 g/mol. The van der Waals surface area contributed by atoms with Crippen LogP contribution in [0.25, 0.3) is 0 Å². The Morgan fingerprint density at radius 1 is 1.41 bits per heavy atom. The second kappa shape index (κ2) is 5.47. The lowest BCUT2D eigenvalue weighted by atomic mass is 10.1. The summed E-state index contributed by atoms with van der Waals surface area (Å²) in [6.07, 6.45) is 2.42. The number of hydrogen-bond acceptors (Lipinski definition) is 5. The predicted molar refractivity (Wildman–Crippen MR) is 59.3 cm³/mol. The van der Waals surface area contributed by atoms with Crippen LogP contribution in [0, 0.1) is 5.92 Å². The summed E-state index contributed by atoms with van der Waals surface area (Å²) in [5.74, 6) is -1.40. The van der Waals surface area contributed by atoms with Crippen LogP contribution < -0.4 is 0 Å². The van der Waals surface area contributed by atoms with Crippen molar-refractivity contribution in [2.45, 2.75) is 20.0 Å². The highest BCUT2D eigenvalue weighted by Crippen LogP contribution is 2.11. The first-order valence-electron chi connectivity index (χ1n) is 5.23. The van der Waals surface area contributed by atoms with E-state index < -0.39 is 24.0 Å². The summed E-state index contributed by atoms with van der Waals surface area (Å²) < 4.78 is 11.2. The van der Waals surface area contributed by atoms with Crippen molar-refractivity contribution in [3.63, 3.8) is 0 Å². The highest BCUT2D eigenvalue weighted by atomic mass is 16.6. The van der Waals surface area contributed by atoms with Gasteiger partial charge >= 0.3 is 11.9 Å².